The summed E-state index contributed by atoms with van der Waals surface area (Å²) in [5.74, 6) is 0.774. The second-order valence-corrected chi connectivity index (χ2v) is 7.03. The second-order valence-electron chi connectivity index (χ2n) is 6.17. The van der Waals surface area contributed by atoms with Gasteiger partial charge in [0.1, 0.15) is 5.58 Å². The molecule has 0 radical (unpaired) electrons. The third-order valence-corrected chi connectivity index (χ3v) is 5.10. The van der Waals surface area contributed by atoms with Crippen LogP contribution in [0, 0.1) is 0 Å². The van der Waals surface area contributed by atoms with E-state index in [0.717, 1.165) is 5.39 Å². The fraction of sp³-hybridized carbons (Fsp3) is 0.0500. The number of ether oxygens (including phenoxy) is 2. The van der Waals surface area contributed by atoms with Gasteiger partial charge in [-0.25, -0.2) is 9.78 Å². The van der Waals surface area contributed by atoms with Gasteiger partial charge in [0, 0.05) is 16.3 Å². The summed E-state index contributed by atoms with van der Waals surface area (Å²) in [7, 11) is 0. The van der Waals surface area contributed by atoms with Gasteiger partial charge in [0.25, 0.3) is 5.91 Å². The highest BCUT2D eigenvalue weighted by molar-refractivity contribution is 7.14. The highest BCUT2D eigenvalue weighted by atomic mass is 32.1. The molecule has 1 aliphatic rings. The lowest BCUT2D eigenvalue weighted by Crippen LogP contribution is -2.29. The maximum atomic E-state index is 12.3. The van der Waals surface area contributed by atoms with Gasteiger partial charge in [0.05, 0.1) is 11.3 Å². The van der Waals surface area contributed by atoms with Gasteiger partial charge in [-0.3, -0.25) is 15.6 Å². The Balaban J connectivity index is 1.32. The molecule has 0 saturated heterocycles. The van der Waals surface area contributed by atoms with E-state index >= 15 is 0 Å². The van der Waals surface area contributed by atoms with Crippen molar-refractivity contribution in [3.63, 3.8) is 0 Å². The molecular weight excluding hydrogens is 394 g/mol. The molecule has 2 N–H and O–H groups in total. The molecule has 0 unspecified atom stereocenters. The first-order valence-corrected chi connectivity index (χ1v) is 9.50. The van der Waals surface area contributed by atoms with E-state index in [4.69, 9.17) is 13.9 Å². The van der Waals surface area contributed by atoms with Crippen molar-refractivity contribution in [2.75, 3.05) is 12.2 Å². The van der Waals surface area contributed by atoms with Gasteiger partial charge in [-0.2, -0.15) is 0 Å². The molecule has 0 saturated carbocycles. The molecule has 0 fully saturated rings. The van der Waals surface area contributed by atoms with Crippen molar-refractivity contribution in [3.8, 4) is 22.8 Å². The van der Waals surface area contributed by atoms with Crippen molar-refractivity contribution in [1.29, 1.82) is 0 Å². The Morgan fingerprint density at radius 3 is 2.86 bits per heavy atom. The van der Waals surface area contributed by atoms with Crippen LogP contribution in [0.3, 0.4) is 0 Å². The fourth-order valence-electron chi connectivity index (χ4n) is 2.92. The molecule has 0 aliphatic carbocycles. The monoisotopic (exact) mass is 407 g/mol. The smallest absolute Gasteiger partial charge is 0.345 e. The van der Waals surface area contributed by atoms with E-state index in [2.05, 4.69) is 15.8 Å². The first-order valence-electron chi connectivity index (χ1n) is 8.62. The second kappa shape index (κ2) is 6.95. The van der Waals surface area contributed by atoms with Crippen LogP contribution in [0.2, 0.25) is 0 Å². The maximum Gasteiger partial charge on any atom is 0.345 e. The quantitative estimate of drug-likeness (QED) is 0.395. The number of anilines is 1. The van der Waals surface area contributed by atoms with E-state index in [1.807, 2.05) is 12.1 Å². The molecule has 5 rings (SSSR count). The number of hydrogen-bond donors (Lipinski definition) is 2. The molecular formula is C20H13N3O5S. The van der Waals surface area contributed by atoms with Crippen LogP contribution in [0.4, 0.5) is 5.13 Å². The standard InChI is InChI=1S/C20H13N3O5S/c24-18(12-5-6-16-17(8-12)27-10-26-16)22-23-20-21-14(9-29-20)13-7-11-3-1-2-4-15(11)28-19(13)25/h1-9H,10H2,(H,21,23)(H,22,24). The molecule has 1 aliphatic heterocycles. The average molecular weight is 407 g/mol. The van der Waals surface area contributed by atoms with E-state index in [1.54, 1.807) is 41.8 Å². The van der Waals surface area contributed by atoms with Crippen LogP contribution in [0.25, 0.3) is 22.2 Å². The number of carbonyl (C=O) groups excluding carboxylic acids is 1. The molecule has 2 aromatic carbocycles. The highest BCUT2D eigenvalue weighted by Gasteiger charge is 2.17. The molecule has 2 aromatic heterocycles. The number of carbonyl (C=O) groups is 1. The lowest BCUT2D eigenvalue weighted by molar-refractivity contribution is 0.0962. The summed E-state index contributed by atoms with van der Waals surface area (Å²) in [6.07, 6.45) is 0. The predicted molar refractivity (Wildman–Crippen MR) is 107 cm³/mol. The van der Waals surface area contributed by atoms with Crippen molar-refractivity contribution in [2.45, 2.75) is 0 Å². The minimum Gasteiger partial charge on any atom is -0.454 e. The summed E-state index contributed by atoms with van der Waals surface area (Å²) in [5, 5.41) is 2.96. The van der Waals surface area contributed by atoms with Crippen LogP contribution in [-0.2, 0) is 0 Å². The number of hydrazine groups is 1. The molecule has 0 bridgehead atoms. The Morgan fingerprint density at radius 2 is 1.93 bits per heavy atom. The van der Waals surface area contributed by atoms with Gasteiger partial charge >= 0.3 is 5.63 Å². The third-order valence-electron chi connectivity index (χ3n) is 4.34. The Labute approximate surface area is 167 Å². The van der Waals surface area contributed by atoms with Crippen molar-refractivity contribution < 1.29 is 18.7 Å². The molecule has 9 heteroatoms. The van der Waals surface area contributed by atoms with E-state index < -0.39 is 5.63 Å². The van der Waals surface area contributed by atoms with Crippen LogP contribution >= 0.6 is 11.3 Å². The first-order chi connectivity index (χ1) is 14.2. The minimum absolute atomic E-state index is 0.142. The van der Waals surface area contributed by atoms with Crippen molar-refractivity contribution >= 4 is 33.3 Å². The largest absolute Gasteiger partial charge is 0.454 e. The van der Waals surface area contributed by atoms with Crippen molar-refractivity contribution in [3.05, 3.63) is 69.9 Å². The van der Waals surface area contributed by atoms with Gasteiger partial charge in [0.2, 0.25) is 11.9 Å². The molecule has 144 valence electrons. The van der Waals surface area contributed by atoms with E-state index in [0.29, 0.717) is 39.0 Å². The molecule has 4 aromatic rings. The minimum atomic E-state index is -0.468. The summed E-state index contributed by atoms with van der Waals surface area (Å²) < 4.78 is 15.9. The van der Waals surface area contributed by atoms with Crippen molar-refractivity contribution in [2.24, 2.45) is 0 Å². The van der Waals surface area contributed by atoms with Gasteiger partial charge in [-0.1, -0.05) is 18.2 Å². The zero-order chi connectivity index (χ0) is 19.8. The number of hydrogen-bond acceptors (Lipinski definition) is 8. The summed E-state index contributed by atoms with van der Waals surface area (Å²) in [5.41, 5.74) is 6.62. The topological polar surface area (TPSA) is 103 Å². The summed E-state index contributed by atoms with van der Waals surface area (Å²) >= 11 is 1.25. The number of benzene rings is 2. The lowest BCUT2D eigenvalue weighted by atomic mass is 10.1. The van der Waals surface area contributed by atoms with E-state index in [9.17, 15) is 9.59 Å². The van der Waals surface area contributed by atoms with Crippen LogP contribution in [0.15, 0.2) is 63.1 Å². The van der Waals surface area contributed by atoms with Crippen LogP contribution in [0.5, 0.6) is 11.5 Å². The Kier molecular flexibility index (Phi) is 4.14. The summed E-state index contributed by atoms with van der Waals surface area (Å²) in [6, 6.07) is 13.9. The summed E-state index contributed by atoms with van der Waals surface area (Å²) in [4.78, 5) is 29.0. The van der Waals surface area contributed by atoms with Crippen LogP contribution < -0.4 is 26.0 Å². The number of amides is 1. The SMILES string of the molecule is O=C(NNc1nc(-c2cc3ccccc3oc2=O)cs1)c1ccc2c(c1)OCO2. The number of thiazole rings is 1. The van der Waals surface area contributed by atoms with E-state index in [-0.39, 0.29) is 12.7 Å². The molecule has 8 nitrogen and oxygen atoms in total. The first kappa shape index (κ1) is 17.3. The fourth-order valence-corrected chi connectivity index (χ4v) is 3.58. The van der Waals surface area contributed by atoms with Gasteiger partial charge in [0.15, 0.2) is 11.5 Å². The van der Waals surface area contributed by atoms with Crippen molar-refractivity contribution in [1.82, 2.24) is 10.4 Å². The normalized spacial score (nSPS) is 12.1. The molecule has 0 spiro atoms. The number of nitrogens with one attached hydrogen (secondary N) is 2. The maximum absolute atomic E-state index is 12.3. The van der Waals surface area contributed by atoms with Gasteiger partial charge in [-0.15, -0.1) is 11.3 Å². The number of nitrogens with zero attached hydrogens (tertiary/aromatic N) is 1. The predicted octanol–water partition coefficient (Wildman–Crippen LogP) is 3.40. The van der Waals surface area contributed by atoms with Gasteiger partial charge < -0.3 is 13.9 Å². The van der Waals surface area contributed by atoms with Crippen LogP contribution in [0.1, 0.15) is 10.4 Å². The third kappa shape index (κ3) is 3.27. The lowest BCUT2D eigenvalue weighted by Gasteiger charge is -2.06. The number of para-hydroxylation sites is 1. The molecule has 1 amide bonds. The average Bonchev–Trinajstić information content (AvgIpc) is 3.40. The Hall–Kier alpha value is -3.85. The molecule has 3 heterocycles. The molecule has 29 heavy (non-hydrogen) atoms. The van der Waals surface area contributed by atoms with Gasteiger partial charge in [-0.05, 0) is 30.3 Å². The molecule has 0 atom stereocenters. The summed E-state index contributed by atoms with van der Waals surface area (Å²) in [6.45, 7) is 0.142. The highest BCUT2D eigenvalue weighted by Crippen LogP contribution is 2.32. The number of aromatic nitrogens is 1. The van der Waals surface area contributed by atoms with E-state index in [1.165, 1.54) is 11.3 Å². The zero-order valence-electron chi connectivity index (χ0n) is 14.8. The number of fused-ring (bicyclic) bond motifs is 2. The Morgan fingerprint density at radius 1 is 1.07 bits per heavy atom. The zero-order valence-corrected chi connectivity index (χ0v) is 15.6. The van der Waals surface area contributed by atoms with Crippen LogP contribution in [-0.4, -0.2) is 17.7 Å². The Bertz CT molecular complexity index is 1300. The number of rotatable bonds is 4.